The van der Waals surface area contributed by atoms with Crippen LogP contribution in [0.3, 0.4) is 0 Å². The monoisotopic (exact) mass is 518 g/mol. The minimum atomic E-state index is -2.04. The van der Waals surface area contributed by atoms with E-state index in [2.05, 4.69) is 53.5 Å². The lowest BCUT2D eigenvalue weighted by molar-refractivity contribution is -0.144. The van der Waals surface area contributed by atoms with Gasteiger partial charge < -0.3 is 13.9 Å². The van der Waals surface area contributed by atoms with Crippen LogP contribution < -0.4 is 0 Å². The maximum Gasteiger partial charge on any atom is 0.308 e. The molecule has 8 heteroatoms. The zero-order valence-corrected chi connectivity index (χ0v) is 25.9. The van der Waals surface area contributed by atoms with E-state index in [1.807, 2.05) is 32.9 Å². The van der Waals surface area contributed by atoms with Gasteiger partial charge in [0.2, 0.25) is 0 Å². The number of thioether (sulfide) groups is 1. The fraction of sp³-hybridized carbons (Fsp3) is 0.840. The van der Waals surface area contributed by atoms with E-state index in [0.717, 1.165) is 12.5 Å². The first-order valence-corrected chi connectivity index (χ1v) is 19.7. The molecule has 0 aliphatic carbocycles. The molecule has 0 fully saturated rings. The van der Waals surface area contributed by atoms with E-state index >= 15 is 0 Å². The van der Waals surface area contributed by atoms with Crippen LogP contribution in [0, 0.1) is 0 Å². The molecule has 1 atom stereocenters. The molecule has 0 aromatic rings. The fourth-order valence-corrected chi connectivity index (χ4v) is 5.10. The Bertz CT molecular complexity index is 628. The van der Waals surface area contributed by atoms with Gasteiger partial charge in [-0.2, -0.15) is 0 Å². The summed E-state index contributed by atoms with van der Waals surface area (Å²) in [5.74, 6) is 0.503. The highest BCUT2D eigenvalue weighted by Crippen LogP contribution is 2.37. The van der Waals surface area contributed by atoms with Gasteiger partial charge in [0.05, 0.1) is 31.3 Å². The van der Waals surface area contributed by atoms with Gasteiger partial charge in [0, 0.05) is 20.2 Å². The third kappa shape index (κ3) is 17.6. The van der Waals surface area contributed by atoms with Crippen LogP contribution in [-0.4, -0.2) is 58.1 Å². The number of carbonyl (C=O) groups is 2. The fourth-order valence-electron chi connectivity index (χ4n) is 2.40. The summed E-state index contributed by atoms with van der Waals surface area (Å²) in [4.78, 5) is 24.5. The highest BCUT2D eigenvalue weighted by Gasteiger charge is 2.39. The Balaban J connectivity index is 4.74. The van der Waals surface area contributed by atoms with E-state index in [-0.39, 0.29) is 34.2 Å². The van der Waals surface area contributed by atoms with Gasteiger partial charge in [-0.3, -0.25) is 9.59 Å². The average Bonchev–Trinajstić information content (AvgIpc) is 2.57. The number of esters is 1. The van der Waals surface area contributed by atoms with Gasteiger partial charge in [0.1, 0.15) is 0 Å². The molecular weight excluding hydrogens is 469 g/mol. The molecule has 0 aliphatic heterocycles. The molecule has 0 unspecified atom stereocenters. The molecule has 0 rings (SSSR count). The first kappa shape index (κ1) is 32.6. The van der Waals surface area contributed by atoms with Gasteiger partial charge in [-0.05, 0) is 51.4 Å². The summed E-state index contributed by atoms with van der Waals surface area (Å²) in [6.07, 6.45) is 5.11. The van der Waals surface area contributed by atoms with Crippen molar-refractivity contribution < 1.29 is 23.5 Å². The summed E-state index contributed by atoms with van der Waals surface area (Å²) in [6.45, 7) is 24.7. The van der Waals surface area contributed by atoms with E-state index in [4.69, 9.17) is 13.9 Å². The molecule has 0 aliphatic rings. The molecule has 5 nitrogen and oxygen atoms in total. The first-order valence-electron chi connectivity index (χ1n) is 12.1. The summed E-state index contributed by atoms with van der Waals surface area (Å²) in [5.41, 5.74) is -0.220. The molecule has 0 aromatic carbocycles. The lowest BCUT2D eigenvalue weighted by atomic mass is 10.2. The summed E-state index contributed by atoms with van der Waals surface area (Å²) >= 11 is 1.33. The second kappa shape index (κ2) is 14.2. The Hall–Kier alpha value is -0.416. The van der Waals surface area contributed by atoms with Crippen LogP contribution in [0.25, 0.3) is 0 Å². The highest BCUT2D eigenvalue weighted by molar-refractivity contribution is 8.13. The number of rotatable bonds is 14. The number of carbonyl (C=O) groups excluding carboxylic acids is 2. The molecule has 0 saturated carbocycles. The maximum absolute atomic E-state index is 12.5. The van der Waals surface area contributed by atoms with Crippen molar-refractivity contribution in [3.05, 3.63) is 12.2 Å². The summed E-state index contributed by atoms with van der Waals surface area (Å²) < 4.78 is 17.6. The third-order valence-corrected chi connectivity index (χ3v) is 12.6. The van der Waals surface area contributed by atoms with Gasteiger partial charge in [-0.15, -0.1) is 0 Å². The predicted octanol–water partition coefficient (Wildman–Crippen LogP) is 7.06. The van der Waals surface area contributed by atoms with Crippen molar-refractivity contribution >= 4 is 39.2 Å². The van der Waals surface area contributed by atoms with Crippen LogP contribution in [-0.2, 0) is 23.5 Å². The number of hydrogen-bond donors (Lipinski definition) is 0. The van der Waals surface area contributed by atoms with Crippen molar-refractivity contribution in [1.29, 1.82) is 0 Å². The van der Waals surface area contributed by atoms with Crippen molar-refractivity contribution in [3.63, 3.8) is 0 Å². The Kier molecular flexibility index (Phi) is 14.0. The van der Waals surface area contributed by atoms with Gasteiger partial charge in [0.15, 0.2) is 13.4 Å². The number of ether oxygens (including phenoxy) is 2. The molecule has 0 heterocycles. The third-order valence-electron chi connectivity index (χ3n) is 5.47. The largest absolute Gasteiger partial charge is 0.466 e. The second-order valence-corrected chi connectivity index (χ2v) is 23.8. The lowest BCUT2D eigenvalue weighted by Crippen LogP contribution is -2.44. The zero-order chi connectivity index (χ0) is 25.9. The molecule has 0 N–H and O–H groups in total. The Morgan fingerprint density at radius 1 is 0.970 bits per heavy atom. The lowest BCUT2D eigenvalue weighted by Gasteiger charge is -2.38. The minimum Gasteiger partial charge on any atom is -0.466 e. The molecule has 0 aromatic heterocycles. The highest BCUT2D eigenvalue weighted by atomic mass is 32.2. The normalized spacial score (nSPS) is 14.5. The quantitative estimate of drug-likeness (QED) is 0.106. The van der Waals surface area contributed by atoms with E-state index in [9.17, 15) is 9.59 Å². The zero-order valence-electron chi connectivity index (χ0n) is 23.1. The van der Waals surface area contributed by atoms with Crippen molar-refractivity contribution in [2.45, 2.75) is 116 Å². The predicted molar refractivity (Wildman–Crippen MR) is 147 cm³/mol. The molecule has 0 saturated heterocycles. The van der Waals surface area contributed by atoms with Crippen LogP contribution in [0.4, 0.5) is 0 Å². The Labute approximate surface area is 209 Å². The van der Waals surface area contributed by atoms with E-state index in [1.54, 1.807) is 0 Å². The Morgan fingerprint density at radius 3 is 2.09 bits per heavy atom. The molecule has 0 radical (unpaired) electrons. The van der Waals surface area contributed by atoms with Crippen LogP contribution >= 0.6 is 11.8 Å². The maximum atomic E-state index is 12.5. The number of allylic oxidation sites excluding steroid dienone is 1. The van der Waals surface area contributed by atoms with E-state index < -0.39 is 16.4 Å². The van der Waals surface area contributed by atoms with Crippen LogP contribution in [0.15, 0.2) is 12.2 Å². The van der Waals surface area contributed by atoms with Crippen LogP contribution in [0.5, 0.6) is 0 Å². The summed E-state index contributed by atoms with van der Waals surface area (Å²) in [5, 5.41) is 0.200. The van der Waals surface area contributed by atoms with Gasteiger partial charge in [-0.25, -0.2) is 0 Å². The Morgan fingerprint density at radius 2 is 1.58 bits per heavy atom. The van der Waals surface area contributed by atoms with Gasteiger partial charge in [-0.1, -0.05) is 64.3 Å². The molecule has 194 valence electrons. The topological polar surface area (TPSA) is 61.8 Å². The summed E-state index contributed by atoms with van der Waals surface area (Å²) in [7, 11) is -3.28. The van der Waals surface area contributed by atoms with E-state index in [1.165, 1.54) is 11.8 Å². The first-order chi connectivity index (χ1) is 14.8. The molecule has 0 spiro atoms. The SMILES string of the molecule is CC(C)(C)OCCC(=O)SCC/C=C/[C@H](CC(=O)OCC[Si](C)(C)C)O[Si](C)(C)C(C)(C)C. The van der Waals surface area contributed by atoms with E-state index in [0.29, 0.717) is 25.4 Å². The smallest absolute Gasteiger partial charge is 0.308 e. The van der Waals surface area contributed by atoms with Crippen LogP contribution in [0.2, 0.25) is 43.8 Å². The molecular formula is C25H50O5SSi2. The summed E-state index contributed by atoms with van der Waals surface area (Å²) in [6, 6.07) is 0.967. The average molecular weight is 519 g/mol. The van der Waals surface area contributed by atoms with Crippen LogP contribution in [0.1, 0.15) is 60.8 Å². The van der Waals surface area contributed by atoms with Crippen molar-refractivity contribution in [3.8, 4) is 0 Å². The van der Waals surface area contributed by atoms with Crippen molar-refractivity contribution in [2.75, 3.05) is 19.0 Å². The second-order valence-electron chi connectivity index (χ2n) is 12.3. The van der Waals surface area contributed by atoms with Gasteiger partial charge >= 0.3 is 5.97 Å². The van der Waals surface area contributed by atoms with Crippen molar-refractivity contribution in [2.24, 2.45) is 0 Å². The standard InChI is InChI=1S/C25H50O5SSi2/c1-24(2,3)29-16-15-23(27)31-18-13-12-14-21(30-33(10,11)25(4,5)6)20-22(26)28-17-19-32(7,8)9/h12,14,21H,13,15-20H2,1-11H3/b14-12+/t21-/m1/s1. The molecule has 33 heavy (non-hydrogen) atoms. The van der Waals surface area contributed by atoms with Crippen molar-refractivity contribution in [1.82, 2.24) is 0 Å². The molecule has 0 amide bonds. The molecule has 0 bridgehead atoms. The minimum absolute atomic E-state index is 0.0538. The van der Waals surface area contributed by atoms with Gasteiger partial charge in [0.25, 0.3) is 0 Å². The number of hydrogen-bond acceptors (Lipinski definition) is 6.